The highest BCUT2D eigenvalue weighted by Gasteiger charge is 2.28. The molecular formula is C42H28N2O. The molecule has 5 aromatic carbocycles. The molecule has 2 aliphatic carbocycles. The first kappa shape index (κ1) is 25.7. The Kier molecular flexibility index (Phi) is 5.95. The molecule has 7 aromatic rings. The van der Waals surface area contributed by atoms with Crippen LogP contribution in [0.4, 0.5) is 0 Å². The van der Waals surface area contributed by atoms with Gasteiger partial charge in [0.05, 0.1) is 11.2 Å². The van der Waals surface area contributed by atoms with Crippen molar-refractivity contribution in [1.29, 1.82) is 0 Å². The van der Waals surface area contributed by atoms with Gasteiger partial charge >= 0.3 is 0 Å². The normalized spacial score (nSPS) is 15.2. The molecule has 2 heterocycles. The Morgan fingerprint density at radius 2 is 1.36 bits per heavy atom. The maximum absolute atomic E-state index is 6.85. The molecule has 2 aromatic heterocycles. The Morgan fingerprint density at radius 1 is 0.622 bits per heavy atom. The quantitative estimate of drug-likeness (QED) is 0.209. The summed E-state index contributed by atoms with van der Waals surface area (Å²) in [5.41, 5.74) is 11.9. The molecule has 0 saturated heterocycles. The summed E-state index contributed by atoms with van der Waals surface area (Å²) in [4.78, 5) is 10.4. The lowest BCUT2D eigenvalue weighted by molar-refractivity contribution is 0.587. The number of aromatic nitrogens is 2. The van der Waals surface area contributed by atoms with E-state index in [9.17, 15) is 0 Å². The van der Waals surface area contributed by atoms with Crippen LogP contribution in [-0.2, 0) is 6.42 Å². The topological polar surface area (TPSA) is 38.9 Å². The van der Waals surface area contributed by atoms with Crippen LogP contribution in [0.1, 0.15) is 11.3 Å². The average molecular weight is 577 g/mol. The smallest absolute Gasteiger partial charge is 0.161 e. The van der Waals surface area contributed by atoms with Crippen molar-refractivity contribution in [3.63, 3.8) is 0 Å². The molecule has 0 amide bonds. The fourth-order valence-electron chi connectivity index (χ4n) is 6.84. The van der Waals surface area contributed by atoms with Gasteiger partial charge in [0, 0.05) is 38.9 Å². The van der Waals surface area contributed by atoms with Gasteiger partial charge in [-0.3, -0.25) is 0 Å². The number of benzene rings is 5. The van der Waals surface area contributed by atoms with Gasteiger partial charge in [0.2, 0.25) is 0 Å². The zero-order chi connectivity index (χ0) is 29.7. The number of allylic oxidation sites excluding steroid dienone is 5. The Bertz CT molecular complexity index is 2340. The van der Waals surface area contributed by atoms with Crippen LogP contribution in [0.5, 0.6) is 0 Å². The summed E-state index contributed by atoms with van der Waals surface area (Å²) in [6.45, 7) is 0. The highest BCUT2D eigenvalue weighted by Crippen LogP contribution is 2.45. The van der Waals surface area contributed by atoms with Gasteiger partial charge in [-0.15, -0.1) is 0 Å². The predicted molar refractivity (Wildman–Crippen MR) is 185 cm³/mol. The van der Waals surface area contributed by atoms with Gasteiger partial charge in [0.1, 0.15) is 11.3 Å². The van der Waals surface area contributed by atoms with E-state index in [0.29, 0.717) is 11.7 Å². The molecule has 0 fully saturated rings. The third-order valence-corrected chi connectivity index (χ3v) is 9.03. The third kappa shape index (κ3) is 4.36. The molecule has 0 bridgehead atoms. The molecule has 212 valence electrons. The summed E-state index contributed by atoms with van der Waals surface area (Å²) in [5.74, 6) is 1.95. The Hall–Kier alpha value is -5.80. The third-order valence-electron chi connectivity index (χ3n) is 9.03. The molecule has 2 aliphatic rings. The van der Waals surface area contributed by atoms with E-state index in [1.54, 1.807) is 0 Å². The second-order valence-corrected chi connectivity index (χ2v) is 11.7. The van der Waals surface area contributed by atoms with Crippen LogP contribution in [0.3, 0.4) is 0 Å². The van der Waals surface area contributed by atoms with Gasteiger partial charge in [-0.05, 0) is 59.0 Å². The molecule has 1 atom stereocenters. The summed E-state index contributed by atoms with van der Waals surface area (Å²) >= 11 is 0. The van der Waals surface area contributed by atoms with Gasteiger partial charge in [-0.1, -0.05) is 121 Å². The van der Waals surface area contributed by atoms with Crippen molar-refractivity contribution in [2.75, 3.05) is 0 Å². The van der Waals surface area contributed by atoms with Crippen LogP contribution < -0.4 is 0 Å². The van der Waals surface area contributed by atoms with Crippen molar-refractivity contribution in [1.82, 2.24) is 9.97 Å². The molecule has 0 spiro atoms. The van der Waals surface area contributed by atoms with E-state index in [1.807, 2.05) is 12.1 Å². The first-order valence-electron chi connectivity index (χ1n) is 15.4. The van der Waals surface area contributed by atoms with Crippen molar-refractivity contribution < 1.29 is 4.42 Å². The zero-order valence-corrected chi connectivity index (χ0v) is 24.5. The highest BCUT2D eigenvalue weighted by molar-refractivity contribution is 6.06. The minimum Gasteiger partial charge on any atom is -0.456 e. The van der Waals surface area contributed by atoms with Crippen LogP contribution in [0, 0.1) is 5.92 Å². The predicted octanol–water partition coefficient (Wildman–Crippen LogP) is 10.7. The first-order chi connectivity index (χ1) is 22.3. The maximum Gasteiger partial charge on any atom is 0.161 e. The standard InChI is InChI=1S/C42H28N2O/c1-3-12-27(13-4-1)29-18-11-19-32(24-29)33-22-23-35(39-36-25-30-16-7-8-17-31(30)26-38(36)45-41(33)39)42-43-37-21-10-9-20-34(37)40(44-42)28-14-5-2-6-15-28/h1-24,26,30H,25H2. The van der Waals surface area contributed by atoms with E-state index >= 15 is 0 Å². The van der Waals surface area contributed by atoms with Gasteiger partial charge in [0.15, 0.2) is 5.82 Å². The lowest BCUT2D eigenvalue weighted by Gasteiger charge is -2.21. The summed E-state index contributed by atoms with van der Waals surface area (Å²) in [7, 11) is 0. The molecule has 0 radical (unpaired) electrons. The van der Waals surface area contributed by atoms with Crippen molar-refractivity contribution in [2.45, 2.75) is 6.42 Å². The lowest BCUT2D eigenvalue weighted by atomic mass is 9.82. The summed E-state index contributed by atoms with van der Waals surface area (Å²) in [6, 6.07) is 42.3. The Balaban J connectivity index is 1.31. The van der Waals surface area contributed by atoms with Crippen molar-refractivity contribution in [3.8, 4) is 44.9 Å². The molecule has 45 heavy (non-hydrogen) atoms. The van der Waals surface area contributed by atoms with Gasteiger partial charge < -0.3 is 4.42 Å². The summed E-state index contributed by atoms with van der Waals surface area (Å²) in [6.07, 6.45) is 11.8. The molecule has 1 unspecified atom stereocenters. The molecule has 3 heteroatoms. The highest BCUT2D eigenvalue weighted by atomic mass is 16.3. The molecular weight excluding hydrogens is 548 g/mol. The number of hydrogen-bond acceptors (Lipinski definition) is 3. The summed E-state index contributed by atoms with van der Waals surface area (Å²) < 4.78 is 6.85. The van der Waals surface area contributed by atoms with Crippen molar-refractivity contribution >= 4 is 27.9 Å². The SMILES string of the molecule is C1=CC2=Cc3oc4c(-c5cccc(-c6ccccc6)c5)ccc(-c5nc(-c6ccccc6)c6ccccc6n5)c4c3CC2C=C1. The van der Waals surface area contributed by atoms with Crippen LogP contribution in [0.15, 0.2) is 156 Å². The lowest BCUT2D eigenvalue weighted by Crippen LogP contribution is -2.10. The number of fused-ring (bicyclic) bond motifs is 5. The van der Waals surface area contributed by atoms with Crippen LogP contribution in [0.2, 0.25) is 0 Å². The molecule has 0 saturated carbocycles. The molecule has 0 aliphatic heterocycles. The van der Waals surface area contributed by atoms with E-state index in [1.165, 1.54) is 22.3 Å². The van der Waals surface area contributed by atoms with Crippen LogP contribution >= 0.6 is 0 Å². The van der Waals surface area contributed by atoms with Crippen molar-refractivity contribution in [2.24, 2.45) is 5.92 Å². The zero-order valence-electron chi connectivity index (χ0n) is 24.5. The molecule has 3 nitrogen and oxygen atoms in total. The number of hydrogen-bond donors (Lipinski definition) is 0. The molecule has 9 rings (SSSR count). The maximum atomic E-state index is 6.85. The number of nitrogens with zero attached hydrogens (tertiary/aromatic N) is 2. The van der Waals surface area contributed by atoms with E-state index < -0.39 is 0 Å². The van der Waals surface area contributed by atoms with Gasteiger partial charge in [-0.25, -0.2) is 9.97 Å². The average Bonchev–Trinajstić information content (AvgIpc) is 3.49. The van der Waals surface area contributed by atoms with E-state index in [-0.39, 0.29) is 0 Å². The van der Waals surface area contributed by atoms with Crippen LogP contribution in [-0.4, -0.2) is 9.97 Å². The van der Waals surface area contributed by atoms with Crippen LogP contribution in [0.25, 0.3) is 72.8 Å². The number of furan rings is 1. The first-order valence-corrected chi connectivity index (χ1v) is 15.4. The Labute approximate surface area is 261 Å². The van der Waals surface area contributed by atoms with E-state index in [0.717, 1.165) is 62.0 Å². The van der Waals surface area contributed by atoms with Crippen molar-refractivity contribution in [3.05, 3.63) is 163 Å². The fourth-order valence-corrected chi connectivity index (χ4v) is 6.84. The second-order valence-electron chi connectivity index (χ2n) is 11.7. The van der Waals surface area contributed by atoms with Gasteiger partial charge in [-0.2, -0.15) is 0 Å². The monoisotopic (exact) mass is 576 g/mol. The number of para-hydroxylation sites is 1. The Morgan fingerprint density at radius 3 is 2.22 bits per heavy atom. The number of rotatable bonds is 4. The minimum absolute atomic E-state index is 0.318. The largest absolute Gasteiger partial charge is 0.456 e. The summed E-state index contributed by atoms with van der Waals surface area (Å²) in [5, 5.41) is 2.14. The molecule has 0 N–H and O–H groups in total. The van der Waals surface area contributed by atoms with E-state index in [4.69, 9.17) is 14.4 Å². The second kappa shape index (κ2) is 10.4. The van der Waals surface area contributed by atoms with Gasteiger partial charge in [0.25, 0.3) is 0 Å². The fraction of sp³-hybridized carbons (Fsp3) is 0.0476. The van der Waals surface area contributed by atoms with E-state index in [2.05, 4.69) is 140 Å². The minimum atomic E-state index is 0.318.